The first-order valence-corrected chi connectivity index (χ1v) is 6.91. The first kappa shape index (κ1) is 13.9. The number of rotatable bonds is 8. The Morgan fingerprint density at radius 1 is 1.37 bits per heavy atom. The second kappa shape index (κ2) is 7.14. The zero-order valence-electron chi connectivity index (χ0n) is 11.5. The van der Waals surface area contributed by atoms with Crippen LogP contribution in [0.15, 0.2) is 30.3 Å². The smallest absolute Gasteiger partial charge is 0.236 e. The van der Waals surface area contributed by atoms with E-state index in [1.54, 1.807) is 4.90 Å². The van der Waals surface area contributed by atoms with Gasteiger partial charge in [0.05, 0.1) is 13.2 Å². The molecule has 0 saturated heterocycles. The van der Waals surface area contributed by atoms with Gasteiger partial charge >= 0.3 is 0 Å². The van der Waals surface area contributed by atoms with Gasteiger partial charge in [-0.2, -0.15) is 0 Å². The molecule has 1 aromatic carbocycles. The molecule has 4 heteroatoms. The normalized spacial score (nSPS) is 14.2. The van der Waals surface area contributed by atoms with Gasteiger partial charge in [-0.3, -0.25) is 4.79 Å². The van der Waals surface area contributed by atoms with E-state index in [0.29, 0.717) is 19.2 Å². The van der Waals surface area contributed by atoms with Gasteiger partial charge in [0, 0.05) is 19.6 Å². The van der Waals surface area contributed by atoms with Crippen molar-refractivity contribution in [1.29, 1.82) is 0 Å². The van der Waals surface area contributed by atoms with Crippen molar-refractivity contribution in [3.05, 3.63) is 30.3 Å². The number of benzene rings is 1. The maximum atomic E-state index is 11.8. The van der Waals surface area contributed by atoms with Crippen molar-refractivity contribution < 1.29 is 9.53 Å². The molecule has 1 aliphatic rings. The number of hydrogen-bond donors (Lipinski definition) is 1. The van der Waals surface area contributed by atoms with Crippen molar-refractivity contribution in [3.8, 4) is 5.75 Å². The van der Waals surface area contributed by atoms with E-state index in [2.05, 4.69) is 5.32 Å². The molecule has 2 rings (SSSR count). The molecule has 104 valence electrons. The van der Waals surface area contributed by atoms with Crippen molar-refractivity contribution in [2.24, 2.45) is 0 Å². The molecule has 4 nitrogen and oxygen atoms in total. The highest BCUT2D eigenvalue weighted by Gasteiger charge is 2.21. The summed E-state index contributed by atoms with van der Waals surface area (Å²) in [5.41, 5.74) is 0. The Labute approximate surface area is 114 Å². The lowest BCUT2D eigenvalue weighted by molar-refractivity contribution is -0.129. The second-order valence-electron chi connectivity index (χ2n) is 4.99. The molecule has 0 bridgehead atoms. The Hall–Kier alpha value is -1.55. The topological polar surface area (TPSA) is 41.6 Å². The van der Waals surface area contributed by atoms with Crippen molar-refractivity contribution in [2.75, 3.05) is 26.7 Å². The third-order valence-corrected chi connectivity index (χ3v) is 3.19. The van der Waals surface area contributed by atoms with Crippen LogP contribution in [0.4, 0.5) is 0 Å². The van der Waals surface area contributed by atoms with Crippen LogP contribution in [0.5, 0.6) is 5.75 Å². The third kappa shape index (κ3) is 5.30. The minimum absolute atomic E-state index is 0.159. The summed E-state index contributed by atoms with van der Waals surface area (Å²) in [4.78, 5) is 13.5. The molecule has 0 aromatic heterocycles. The molecule has 1 aromatic rings. The zero-order valence-corrected chi connectivity index (χ0v) is 11.5. The number of carbonyl (C=O) groups is 1. The minimum Gasteiger partial charge on any atom is -0.494 e. The molecule has 1 fully saturated rings. The van der Waals surface area contributed by atoms with Gasteiger partial charge in [0.15, 0.2) is 0 Å². The number of carbonyl (C=O) groups excluding carboxylic acids is 1. The monoisotopic (exact) mass is 262 g/mol. The number of ether oxygens (including phenoxy) is 1. The fourth-order valence-corrected chi connectivity index (χ4v) is 1.79. The number of likely N-dealkylation sites (N-methyl/N-ethyl adjacent to an activating group) is 1. The Balaban J connectivity index is 1.55. The lowest BCUT2D eigenvalue weighted by atomic mass is 10.3. The molecule has 1 N–H and O–H groups in total. The van der Waals surface area contributed by atoms with Crippen LogP contribution in [0, 0.1) is 0 Å². The molecule has 0 radical (unpaired) electrons. The van der Waals surface area contributed by atoms with Crippen molar-refractivity contribution in [3.63, 3.8) is 0 Å². The lowest BCUT2D eigenvalue weighted by Gasteiger charge is -2.17. The van der Waals surface area contributed by atoms with E-state index in [0.717, 1.165) is 18.7 Å². The first-order chi connectivity index (χ1) is 9.25. The van der Waals surface area contributed by atoms with E-state index in [1.807, 2.05) is 37.4 Å². The fourth-order valence-electron chi connectivity index (χ4n) is 1.79. The van der Waals surface area contributed by atoms with E-state index in [-0.39, 0.29) is 5.91 Å². The summed E-state index contributed by atoms with van der Waals surface area (Å²) in [6, 6.07) is 10.3. The van der Waals surface area contributed by atoms with Crippen LogP contribution >= 0.6 is 0 Å². The number of para-hydroxylation sites is 1. The summed E-state index contributed by atoms with van der Waals surface area (Å²) in [5, 5.41) is 3.23. The summed E-state index contributed by atoms with van der Waals surface area (Å²) in [5.74, 6) is 1.04. The molecule has 0 aliphatic heterocycles. The summed E-state index contributed by atoms with van der Waals surface area (Å²) in [6.45, 7) is 1.83. The van der Waals surface area contributed by atoms with Crippen LogP contribution in [0.3, 0.4) is 0 Å². The van der Waals surface area contributed by atoms with Gasteiger partial charge in [-0.1, -0.05) is 18.2 Å². The predicted molar refractivity (Wildman–Crippen MR) is 75.2 cm³/mol. The fraction of sp³-hybridized carbons (Fsp3) is 0.533. The van der Waals surface area contributed by atoms with Gasteiger partial charge in [-0.15, -0.1) is 0 Å². The van der Waals surface area contributed by atoms with Gasteiger partial charge < -0.3 is 15.0 Å². The maximum Gasteiger partial charge on any atom is 0.236 e. The number of hydrogen-bond acceptors (Lipinski definition) is 3. The van der Waals surface area contributed by atoms with E-state index in [9.17, 15) is 4.79 Å². The third-order valence-electron chi connectivity index (χ3n) is 3.19. The molecule has 19 heavy (non-hydrogen) atoms. The average molecular weight is 262 g/mol. The molecule has 0 atom stereocenters. The lowest BCUT2D eigenvalue weighted by Crippen LogP contribution is -2.37. The molecule has 0 heterocycles. The highest BCUT2D eigenvalue weighted by Crippen LogP contribution is 2.18. The van der Waals surface area contributed by atoms with E-state index in [4.69, 9.17) is 4.74 Å². The number of nitrogens with zero attached hydrogens (tertiary/aromatic N) is 1. The van der Waals surface area contributed by atoms with Crippen LogP contribution in [-0.4, -0.2) is 43.6 Å². The van der Waals surface area contributed by atoms with E-state index in [1.165, 1.54) is 12.8 Å². The summed E-state index contributed by atoms with van der Waals surface area (Å²) in [7, 11) is 1.85. The number of nitrogens with one attached hydrogen (secondary N) is 1. The molecule has 0 unspecified atom stereocenters. The van der Waals surface area contributed by atoms with Crippen LogP contribution in [0.25, 0.3) is 0 Å². The highest BCUT2D eigenvalue weighted by atomic mass is 16.5. The summed E-state index contributed by atoms with van der Waals surface area (Å²) < 4.78 is 5.59. The Morgan fingerprint density at radius 3 is 2.79 bits per heavy atom. The van der Waals surface area contributed by atoms with Gasteiger partial charge in [-0.25, -0.2) is 0 Å². The SMILES string of the molecule is CN(CCCOc1ccccc1)C(=O)CNC1CC1. The van der Waals surface area contributed by atoms with Crippen molar-refractivity contribution in [2.45, 2.75) is 25.3 Å². The van der Waals surface area contributed by atoms with Crippen LogP contribution < -0.4 is 10.1 Å². The van der Waals surface area contributed by atoms with Gasteiger partial charge in [0.2, 0.25) is 5.91 Å². The second-order valence-corrected chi connectivity index (χ2v) is 4.99. The molecule has 1 saturated carbocycles. The van der Waals surface area contributed by atoms with Gasteiger partial charge in [0.1, 0.15) is 5.75 Å². The molecule has 0 spiro atoms. The van der Waals surface area contributed by atoms with Gasteiger partial charge in [-0.05, 0) is 31.4 Å². The quantitative estimate of drug-likeness (QED) is 0.725. The summed E-state index contributed by atoms with van der Waals surface area (Å²) in [6.07, 6.45) is 3.27. The molecular formula is C15H22N2O2. The molecule has 1 aliphatic carbocycles. The average Bonchev–Trinajstić information content (AvgIpc) is 3.26. The molecule has 1 amide bonds. The van der Waals surface area contributed by atoms with Crippen LogP contribution in [0.2, 0.25) is 0 Å². The molecular weight excluding hydrogens is 240 g/mol. The van der Waals surface area contributed by atoms with Crippen LogP contribution in [-0.2, 0) is 4.79 Å². The zero-order chi connectivity index (χ0) is 13.5. The largest absolute Gasteiger partial charge is 0.494 e. The first-order valence-electron chi connectivity index (χ1n) is 6.91. The van der Waals surface area contributed by atoms with E-state index < -0.39 is 0 Å². The van der Waals surface area contributed by atoms with E-state index >= 15 is 0 Å². The predicted octanol–water partition coefficient (Wildman–Crippen LogP) is 1.67. The maximum absolute atomic E-state index is 11.8. The Bertz CT molecular complexity index is 390. The number of amides is 1. The van der Waals surface area contributed by atoms with Gasteiger partial charge in [0.25, 0.3) is 0 Å². The standard InChI is InChI=1S/C15H22N2O2/c1-17(15(18)12-16-13-8-9-13)10-5-11-19-14-6-3-2-4-7-14/h2-4,6-7,13,16H,5,8-12H2,1H3. The van der Waals surface area contributed by atoms with Crippen molar-refractivity contribution in [1.82, 2.24) is 10.2 Å². The minimum atomic E-state index is 0.159. The highest BCUT2D eigenvalue weighted by molar-refractivity contribution is 5.78. The van der Waals surface area contributed by atoms with Crippen molar-refractivity contribution >= 4 is 5.91 Å². The Kier molecular flexibility index (Phi) is 5.21. The summed E-state index contributed by atoms with van der Waals surface area (Å²) >= 11 is 0. The van der Waals surface area contributed by atoms with Crippen LogP contribution in [0.1, 0.15) is 19.3 Å². The Morgan fingerprint density at radius 2 is 2.11 bits per heavy atom.